The minimum Gasteiger partial charge on any atom is -0.369 e. The highest BCUT2D eigenvalue weighted by Gasteiger charge is 2.09. The van der Waals surface area contributed by atoms with E-state index in [9.17, 15) is 0 Å². The van der Waals surface area contributed by atoms with Crippen molar-refractivity contribution in [3.8, 4) is 0 Å². The Morgan fingerprint density at radius 2 is 1.95 bits per heavy atom. The van der Waals surface area contributed by atoms with Crippen molar-refractivity contribution in [3.63, 3.8) is 0 Å². The predicted molar refractivity (Wildman–Crippen MR) is 90.0 cm³/mol. The van der Waals surface area contributed by atoms with Gasteiger partial charge in [-0.2, -0.15) is 0 Å². The van der Waals surface area contributed by atoms with Crippen LogP contribution in [0.2, 0.25) is 0 Å². The van der Waals surface area contributed by atoms with Gasteiger partial charge in [-0.25, -0.2) is 0 Å². The molecule has 0 aliphatic heterocycles. The summed E-state index contributed by atoms with van der Waals surface area (Å²) in [6.45, 7) is 5.01. The Morgan fingerprint density at radius 3 is 2.55 bits per heavy atom. The lowest BCUT2D eigenvalue weighted by Crippen LogP contribution is -2.17. The van der Waals surface area contributed by atoms with Crippen LogP contribution in [-0.2, 0) is 6.54 Å². The monoisotopic (exact) mass is 332 g/mol. The fourth-order valence-electron chi connectivity index (χ4n) is 2.29. The summed E-state index contributed by atoms with van der Waals surface area (Å²) in [4.78, 5) is 2.24. The summed E-state index contributed by atoms with van der Waals surface area (Å²) < 4.78 is 1.09. The fourth-order valence-corrected chi connectivity index (χ4v) is 2.98. The average molecular weight is 333 g/mol. The Labute approximate surface area is 129 Å². The van der Waals surface area contributed by atoms with Crippen LogP contribution in [0.3, 0.4) is 0 Å². The molecule has 1 unspecified atom stereocenters. The van der Waals surface area contributed by atoms with E-state index in [1.807, 2.05) is 6.92 Å². The van der Waals surface area contributed by atoms with Gasteiger partial charge in [-0.05, 0) is 53.0 Å². The number of aryl methyl sites for hydroxylation is 1. The Hall–Kier alpha value is -1.32. The van der Waals surface area contributed by atoms with Crippen LogP contribution >= 0.6 is 15.9 Å². The molecule has 2 nitrogen and oxygen atoms in total. The molecule has 0 spiro atoms. The van der Waals surface area contributed by atoms with Gasteiger partial charge < -0.3 is 10.6 Å². The van der Waals surface area contributed by atoms with Crippen LogP contribution in [-0.4, -0.2) is 7.05 Å². The number of hydrogen-bond acceptors (Lipinski definition) is 2. The zero-order valence-electron chi connectivity index (χ0n) is 12.2. The number of hydrogen-bond donors (Lipinski definition) is 1. The van der Waals surface area contributed by atoms with Crippen molar-refractivity contribution in [1.82, 2.24) is 0 Å². The summed E-state index contributed by atoms with van der Waals surface area (Å²) in [6, 6.07) is 15.0. The highest BCUT2D eigenvalue weighted by atomic mass is 79.9. The maximum atomic E-state index is 5.91. The molecule has 20 heavy (non-hydrogen) atoms. The maximum absolute atomic E-state index is 5.91. The highest BCUT2D eigenvalue weighted by molar-refractivity contribution is 9.10. The molecular weight excluding hydrogens is 312 g/mol. The van der Waals surface area contributed by atoms with Crippen LogP contribution in [0.1, 0.15) is 29.7 Å². The van der Waals surface area contributed by atoms with E-state index in [1.54, 1.807) is 0 Å². The van der Waals surface area contributed by atoms with E-state index in [4.69, 9.17) is 5.73 Å². The largest absolute Gasteiger partial charge is 0.369 e. The molecule has 0 heterocycles. The summed E-state index contributed by atoms with van der Waals surface area (Å²) in [7, 11) is 2.11. The van der Waals surface area contributed by atoms with Crippen molar-refractivity contribution in [2.45, 2.75) is 26.4 Å². The van der Waals surface area contributed by atoms with E-state index in [0.717, 1.165) is 16.6 Å². The van der Waals surface area contributed by atoms with Crippen LogP contribution in [0.4, 0.5) is 5.69 Å². The van der Waals surface area contributed by atoms with E-state index in [0.29, 0.717) is 0 Å². The summed E-state index contributed by atoms with van der Waals surface area (Å²) in [5.41, 5.74) is 10.8. The number of halogens is 1. The van der Waals surface area contributed by atoms with Crippen LogP contribution < -0.4 is 10.6 Å². The van der Waals surface area contributed by atoms with Gasteiger partial charge in [0.25, 0.3) is 0 Å². The number of anilines is 1. The summed E-state index contributed by atoms with van der Waals surface area (Å²) in [6.07, 6.45) is 0. The molecule has 0 saturated carbocycles. The molecule has 0 radical (unpaired) electrons. The first-order chi connectivity index (χ1) is 9.47. The van der Waals surface area contributed by atoms with Crippen molar-refractivity contribution in [1.29, 1.82) is 0 Å². The fraction of sp³-hybridized carbons (Fsp3) is 0.294. The number of nitrogens with two attached hydrogens (primary N) is 1. The molecular formula is C17H21BrN2. The van der Waals surface area contributed by atoms with E-state index >= 15 is 0 Å². The zero-order chi connectivity index (χ0) is 14.7. The lowest BCUT2D eigenvalue weighted by molar-refractivity contribution is 0.816. The standard InChI is InChI=1S/C17H21BrN2/c1-12-5-4-6-14(9-12)11-20(3)17-8-7-15(13(2)19)10-16(17)18/h4-10,13H,11,19H2,1-3H3. The van der Waals surface area contributed by atoms with Crippen LogP contribution in [0.25, 0.3) is 0 Å². The van der Waals surface area contributed by atoms with E-state index in [-0.39, 0.29) is 6.04 Å². The van der Waals surface area contributed by atoms with Crippen LogP contribution in [0.15, 0.2) is 46.9 Å². The van der Waals surface area contributed by atoms with Crippen molar-refractivity contribution < 1.29 is 0 Å². The highest BCUT2D eigenvalue weighted by Crippen LogP contribution is 2.29. The zero-order valence-corrected chi connectivity index (χ0v) is 13.8. The van der Waals surface area contributed by atoms with Gasteiger partial charge in [-0.1, -0.05) is 35.9 Å². The SMILES string of the molecule is Cc1cccc(CN(C)c2ccc(C(C)N)cc2Br)c1. The van der Waals surface area contributed by atoms with Gasteiger partial charge in [0.2, 0.25) is 0 Å². The first-order valence-electron chi connectivity index (χ1n) is 6.79. The predicted octanol–water partition coefficient (Wildman–Crippen LogP) is 4.41. The van der Waals surface area contributed by atoms with Gasteiger partial charge in [0.05, 0.1) is 5.69 Å². The maximum Gasteiger partial charge on any atom is 0.0511 e. The van der Waals surface area contributed by atoms with E-state index < -0.39 is 0 Å². The molecule has 1 atom stereocenters. The smallest absolute Gasteiger partial charge is 0.0511 e. The molecule has 3 heteroatoms. The van der Waals surface area contributed by atoms with Gasteiger partial charge in [-0.15, -0.1) is 0 Å². The summed E-state index contributed by atoms with van der Waals surface area (Å²) in [5.74, 6) is 0. The molecule has 0 aliphatic rings. The Morgan fingerprint density at radius 1 is 1.20 bits per heavy atom. The Kier molecular flexibility index (Phi) is 4.84. The third-order valence-corrected chi connectivity index (χ3v) is 4.05. The van der Waals surface area contributed by atoms with Gasteiger partial charge in [0, 0.05) is 24.1 Å². The molecule has 2 aromatic carbocycles. The van der Waals surface area contributed by atoms with Crippen molar-refractivity contribution in [3.05, 3.63) is 63.6 Å². The number of rotatable bonds is 4. The van der Waals surface area contributed by atoms with E-state index in [1.165, 1.54) is 16.8 Å². The molecule has 2 aromatic rings. The second-order valence-corrected chi connectivity index (χ2v) is 6.20. The quantitative estimate of drug-likeness (QED) is 0.898. The number of benzene rings is 2. The topological polar surface area (TPSA) is 29.3 Å². The molecule has 0 aliphatic carbocycles. The first-order valence-corrected chi connectivity index (χ1v) is 7.58. The van der Waals surface area contributed by atoms with Gasteiger partial charge >= 0.3 is 0 Å². The normalized spacial score (nSPS) is 12.2. The van der Waals surface area contributed by atoms with Gasteiger partial charge in [-0.3, -0.25) is 0 Å². The lowest BCUT2D eigenvalue weighted by Gasteiger charge is -2.22. The van der Waals surface area contributed by atoms with Gasteiger partial charge in [0.1, 0.15) is 0 Å². The molecule has 2 N–H and O–H groups in total. The molecule has 0 aromatic heterocycles. The summed E-state index contributed by atoms with van der Waals surface area (Å²) >= 11 is 3.65. The minimum absolute atomic E-state index is 0.0578. The average Bonchev–Trinajstić information content (AvgIpc) is 2.38. The molecule has 106 valence electrons. The second-order valence-electron chi connectivity index (χ2n) is 5.34. The third kappa shape index (κ3) is 3.62. The summed E-state index contributed by atoms with van der Waals surface area (Å²) in [5, 5.41) is 0. The molecule has 0 fully saturated rings. The lowest BCUT2D eigenvalue weighted by atomic mass is 10.1. The van der Waals surface area contributed by atoms with Gasteiger partial charge in [0.15, 0.2) is 0 Å². The minimum atomic E-state index is 0.0578. The van der Waals surface area contributed by atoms with Crippen molar-refractivity contribution >= 4 is 21.6 Å². The Bertz CT molecular complexity index is 593. The molecule has 0 amide bonds. The molecule has 0 saturated heterocycles. The third-order valence-electron chi connectivity index (χ3n) is 3.41. The van der Waals surface area contributed by atoms with E-state index in [2.05, 4.69) is 77.3 Å². The van der Waals surface area contributed by atoms with Crippen LogP contribution in [0.5, 0.6) is 0 Å². The molecule has 0 bridgehead atoms. The second kappa shape index (κ2) is 6.42. The number of nitrogens with zero attached hydrogens (tertiary/aromatic N) is 1. The molecule has 2 rings (SSSR count). The Balaban J connectivity index is 2.19. The van der Waals surface area contributed by atoms with Crippen LogP contribution in [0, 0.1) is 6.92 Å². The van der Waals surface area contributed by atoms with Crippen molar-refractivity contribution in [2.24, 2.45) is 5.73 Å². The first kappa shape index (κ1) is 15.1. The van der Waals surface area contributed by atoms with Crippen molar-refractivity contribution in [2.75, 3.05) is 11.9 Å².